The predicted octanol–water partition coefficient (Wildman–Crippen LogP) is 7.29. The van der Waals surface area contributed by atoms with Crippen LogP contribution in [-0.2, 0) is 11.4 Å². The maximum Gasteiger partial charge on any atom is 0.335 e. The molecule has 196 valence electrons. The Morgan fingerprint density at radius 3 is 2.55 bits per heavy atom. The summed E-state index contributed by atoms with van der Waals surface area (Å²) in [4.78, 5) is 31.0. The molecular weight excluding hydrogens is 547 g/mol. The van der Waals surface area contributed by atoms with Gasteiger partial charge in [-0.15, -0.1) is 0 Å². The molecule has 0 atom stereocenters. The van der Waals surface area contributed by atoms with Gasteiger partial charge < -0.3 is 14.6 Å². The molecular formula is C28H24Cl2N2O5S. The summed E-state index contributed by atoms with van der Waals surface area (Å²) in [5.74, 6) is -0.113. The number of hydrogen-bond donors (Lipinski definition) is 1. The van der Waals surface area contributed by atoms with E-state index in [2.05, 4.69) is 4.99 Å². The van der Waals surface area contributed by atoms with Gasteiger partial charge in [0.1, 0.15) is 6.61 Å². The zero-order valence-electron chi connectivity index (χ0n) is 20.6. The molecule has 7 nitrogen and oxygen atoms in total. The Bertz CT molecular complexity index is 1440. The number of ether oxygens (including phenoxy) is 2. The largest absolute Gasteiger partial charge is 0.490 e. The van der Waals surface area contributed by atoms with Crippen LogP contribution in [0.1, 0.15) is 35.3 Å². The smallest absolute Gasteiger partial charge is 0.335 e. The molecule has 1 aliphatic rings. The van der Waals surface area contributed by atoms with Crippen molar-refractivity contribution >= 4 is 63.8 Å². The third-order valence-corrected chi connectivity index (χ3v) is 7.21. The van der Waals surface area contributed by atoms with E-state index in [0.29, 0.717) is 50.5 Å². The number of amidine groups is 1. The average Bonchev–Trinajstić information content (AvgIpc) is 3.19. The number of likely N-dealkylation sites (N-methyl/N-ethyl adjacent to an activating group) is 1. The molecule has 0 aliphatic carbocycles. The second-order valence-corrected chi connectivity index (χ2v) is 9.91. The molecule has 3 aromatic carbocycles. The molecule has 10 heteroatoms. The third kappa shape index (κ3) is 6.51. The lowest BCUT2D eigenvalue weighted by Gasteiger charge is -2.13. The molecule has 0 spiro atoms. The number of halogens is 2. The number of carboxylic acid groups (broad SMARTS) is 1. The number of amides is 1. The van der Waals surface area contributed by atoms with E-state index in [0.717, 1.165) is 11.1 Å². The molecule has 0 radical (unpaired) electrons. The first-order valence-corrected chi connectivity index (χ1v) is 13.3. The zero-order valence-corrected chi connectivity index (χ0v) is 22.9. The normalized spacial score (nSPS) is 15.4. The van der Waals surface area contributed by atoms with Crippen molar-refractivity contribution < 1.29 is 24.2 Å². The van der Waals surface area contributed by atoms with Crippen molar-refractivity contribution in [3.05, 3.63) is 92.3 Å². The quantitative estimate of drug-likeness (QED) is 0.271. The maximum absolute atomic E-state index is 13.1. The molecule has 38 heavy (non-hydrogen) atoms. The van der Waals surface area contributed by atoms with E-state index >= 15 is 0 Å². The highest BCUT2D eigenvalue weighted by Crippen LogP contribution is 2.36. The summed E-state index contributed by atoms with van der Waals surface area (Å²) in [7, 11) is 0. The fourth-order valence-electron chi connectivity index (χ4n) is 3.63. The van der Waals surface area contributed by atoms with Gasteiger partial charge in [-0.05, 0) is 85.3 Å². The van der Waals surface area contributed by atoms with Gasteiger partial charge >= 0.3 is 5.97 Å². The second kappa shape index (κ2) is 12.4. The van der Waals surface area contributed by atoms with E-state index in [-0.39, 0.29) is 18.1 Å². The minimum Gasteiger partial charge on any atom is -0.490 e. The van der Waals surface area contributed by atoms with E-state index in [9.17, 15) is 14.7 Å². The van der Waals surface area contributed by atoms with Crippen molar-refractivity contribution in [2.75, 3.05) is 13.2 Å². The van der Waals surface area contributed by atoms with E-state index in [4.69, 9.17) is 32.7 Å². The summed E-state index contributed by atoms with van der Waals surface area (Å²) < 4.78 is 11.8. The van der Waals surface area contributed by atoms with Crippen LogP contribution in [-0.4, -0.2) is 40.2 Å². The fourth-order valence-corrected chi connectivity index (χ4v) is 5.02. The average molecular weight is 571 g/mol. The number of thioether (sulfide) groups is 1. The Hall–Kier alpha value is -3.46. The molecule has 1 N–H and O–H groups in total. The van der Waals surface area contributed by atoms with E-state index in [1.54, 1.807) is 41.3 Å². The Balaban J connectivity index is 1.57. The summed E-state index contributed by atoms with van der Waals surface area (Å²) in [6.45, 7) is 4.88. The molecule has 1 saturated heterocycles. The first-order chi connectivity index (χ1) is 18.3. The Morgan fingerprint density at radius 1 is 1.03 bits per heavy atom. The first-order valence-electron chi connectivity index (χ1n) is 11.8. The van der Waals surface area contributed by atoms with E-state index in [1.165, 1.54) is 23.9 Å². The molecule has 3 aromatic rings. The summed E-state index contributed by atoms with van der Waals surface area (Å²) in [5, 5.41) is 10.7. The first kappa shape index (κ1) is 27.6. The van der Waals surface area contributed by atoms with Crippen LogP contribution >= 0.6 is 35.0 Å². The minimum absolute atomic E-state index is 0.130. The van der Waals surface area contributed by atoms with Crippen LogP contribution in [0.15, 0.2) is 70.6 Å². The third-order valence-electron chi connectivity index (χ3n) is 5.47. The highest BCUT2D eigenvalue weighted by molar-refractivity contribution is 8.18. The number of nitrogens with zero attached hydrogens (tertiary/aromatic N) is 2. The molecule has 0 unspecified atom stereocenters. The van der Waals surface area contributed by atoms with E-state index in [1.807, 2.05) is 32.0 Å². The molecule has 0 saturated carbocycles. The number of aliphatic imine (C=N–C) groups is 1. The van der Waals surface area contributed by atoms with Crippen molar-refractivity contribution in [2.45, 2.75) is 20.5 Å². The van der Waals surface area contributed by atoms with Crippen LogP contribution in [0.2, 0.25) is 10.0 Å². The monoisotopic (exact) mass is 570 g/mol. The molecule has 4 rings (SSSR count). The topological polar surface area (TPSA) is 88.4 Å². The Labute approximate surface area is 234 Å². The maximum atomic E-state index is 13.1. The van der Waals surface area contributed by atoms with Crippen LogP contribution < -0.4 is 9.47 Å². The predicted molar refractivity (Wildman–Crippen MR) is 152 cm³/mol. The summed E-state index contributed by atoms with van der Waals surface area (Å²) in [5.41, 5.74) is 2.21. The standard InChI is InChI=1S/C28H24Cl2N2O5S/c1-3-32-26(33)25(38-28(32)31-20-7-5-6-19(15-20)27(34)35)14-17-9-11-23(24(13-17)36-4-2)37-16-18-8-10-21(29)22(30)12-18/h5-15H,3-4,16H2,1-2H3,(H,34,35)/b25-14-,31-28?. The van der Waals surface area contributed by atoms with Crippen molar-refractivity contribution in [1.82, 2.24) is 4.90 Å². The number of aromatic carboxylic acids is 1. The van der Waals surface area contributed by atoms with Gasteiger partial charge in [-0.25, -0.2) is 9.79 Å². The van der Waals surface area contributed by atoms with Crippen LogP contribution in [0.4, 0.5) is 5.69 Å². The van der Waals surface area contributed by atoms with Crippen LogP contribution in [0.3, 0.4) is 0 Å². The van der Waals surface area contributed by atoms with Gasteiger partial charge in [-0.2, -0.15) is 0 Å². The SMILES string of the molecule is CCOc1cc(/C=C2\SC(=Nc3cccc(C(=O)O)c3)N(CC)C2=O)ccc1OCc1ccc(Cl)c(Cl)c1. The van der Waals surface area contributed by atoms with Gasteiger partial charge in [0.05, 0.1) is 32.8 Å². The summed E-state index contributed by atoms with van der Waals surface area (Å²) in [6.07, 6.45) is 1.77. The van der Waals surface area contributed by atoms with Gasteiger partial charge in [0.25, 0.3) is 5.91 Å². The highest BCUT2D eigenvalue weighted by atomic mass is 35.5. The van der Waals surface area contributed by atoms with E-state index < -0.39 is 5.97 Å². The Morgan fingerprint density at radius 2 is 1.84 bits per heavy atom. The number of carbonyl (C=O) groups excluding carboxylic acids is 1. The molecule has 1 amide bonds. The van der Waals surface area contributed by atoms with Crippen molar-refractivity contribution in [1.29, 1.82) is 0 Å². The van der Waals surface area contributed by atoms with Gasteiger partial charge in [0.2, 0.25) is 0 Å². The van der Waals surface area contributed by atoms with Gasteiger partial charge in [0, 0.05) is 6.54 Å². The summed E-state index contributed by atoms with van der Waals surface area (Å²) >= 11 is 13.3. The minimum atomic E-state index is -1.04. The second-order valence-electron chi connectivity index (χ2n) is 8.09. The molecule has 1 aliphatic heterocycles. The van der Waals surface area contributed by atoms with Crippen LogP contribution in [0.25, 0.3) is 6.08 Å². The number of hydrogen-bond acceptors (Lipinski definition) is 6. The number of benzene rings is 3. The fraction of sp³-hybridized carbons (Fsp3) is 0.179. The van der Waals surface area contributed by atoms with Crippen molar-refractivity contribution in [3.8, 4) is 11.5 Å². The highest BCUT2D eigenvalue weighted by Gasteiger charge is 2.32. The van der Waals surface area contributed by atoms with Gasteiger partial charge in [0.15, 0.2) is 16.7 Å². The molecule has 0 aromatic heterocycles. The lowest BCUT2D eigenvalue weighted by Crippen LogP contribution is -2.28. The van der Waals surface area contributed by atoms with Crippen molar-refractivity contribution in [2.24, 2.45) is 4.99 Å². The van der Waals surface area contributed by atoms with Gasteiger partial charge in [-0.3, -0.25) is 9.69 Å². The number of rotatable bonds is 9. The summed E-state index contributed by atoms with van der Waals surface area (Å²) in [6, 6.07) is 17.1. The molecule has 1 heterocycles. The number of carbonyl (C=O) groups is 2. The zero-order chi connectivity index (χ0) is 27.2. The van der Waals surface area contributed by atoms with Crippen molar-refractivity contribution in [3.63, 3.8) is 0 Å². The molecule has 0 bridgehead atoms. The lowest BCUT2D eigenvalue weighted by molar-refractivity contribution is -0.122. The molecule has 1 fully saturated rings. The van der Waals surface area contributed by atoms with Gasteiger partial charge in [-0.1, -0.05) is 41.4 Å². The van der Waals surface area contributed by atoms with Crippen LogP contribution in [0.5, 0.6) is 11.5 Å². The number of carboxylic acids is 1. The lowest BCUT2D eigenvalue weighted by atomic mass is 10.1. The van der Waals surface area contributed by atoms with Crippen LogP contribution in [0, 0.1) is 0 Å². The Kier molecular flexibility index (Phi) is 8.99.